The number of nitrogens with one attached hydrogen (secondary N) is 2. The maximum Gasteiger partial charge on any atom is 0.314 e. The van der Waals surface area contributed by atoms with Crippen molar-refractivity contribution in [2.75, 3.05) is 39.3 Å². The number of hydrogen-bond acceptors (Lipinski definition) is 3. The zero-order valence-corrected chi connectivity index (χ0v) is 15.6. The highest BCUT2D eigenvalue weighted by atomic mass is 16.2. The van der Waals surface area contributed by atoms with E-state index in [1.54, 1.807) is 0 Å². The van der Waals surface area contributed by atoms with Crippen LogP contribution in [0.15, 0.2) is 0 Å². The van der Waals surface area contributed by atoms with Gasteiger partial charge in [-0.1, -0.05) is 27.7 Å². The zero-order chi connectivity index (χ0) is 17.0. The first kappa shape index (κ1) is 21.2. The van der Waals surface area contributed by atoms with Gasteiger partial charge >= 0.3 is 6.03 Å². The molecule has 0 saturated heterocycles. The summed E-state index contributed by atoms with van der Waals surface area (Å²) in [7, 11) is 0. The molecule has 0 heterocycles. The average molecular weight is 315 g/mol. The number of rotatable bonds is 12. The summed E-state index contributed by atoms with van der Waals surface area (Å²) in [6.07, 6.45) is 1.98. The lowest BCUT2D eigenvalue weighted by Gasteiger charge is -2.27. The lowest BCUT2D eigenvalue weighted by atomic mass is 10.2. The number of amides is 2. The molecule has 0 spiro atoms. The number of hydrogen-bond donors (Lipinski definition) is 2. The second-order valence-corrected chi connectivity index (χ2v) is 5.90. The zero-order valence-electron chi connectivity index (χ0n) is 15.6. The molecule has 0 radical (unpaired) electrons. The van der Waals surface area contributed by atoms with Crippen LogP contribution >= 0.6 is 0 Å². The van der Waals surface area contributed by atoms with E-state index in [0.717, 1.165) is 52.1 Å². The van der Waals surface area contributed by atoms with Gasteiger partial charge in [0.05, 0.1) is 0 Å². The lowest BCUT2D eigenvalue weighted by Crippen LogP contribution is -2.41. The van der Waals surface area contributed by atoms with Crippen molar-refractivity contribution in [2.45, 2.75) is 66.5 Å². The van der Waals surface area contributed by atoms with Gasteiger partial charge < -0.3 is 20.4 Å². The van der Waals surface area contributed by atoms with Crippen LogP contribution in [0.3, 0.4) is 0 Å². The molecule has 132 valence electrons. The van der Waals surface area contributed by atoms with E-state index in [0.29, 0.717) is 12.1 Å². The molecule has 0 aromatic rings. The Hall–Kier alpha value is -0.810. The van der Waals surface area contributed by atoms with E-state index in [4.69, 9.17) is 0 Å². The molecule has 22 heavy (non-hydrogen) atoms. The molecule has 0 fully saturated rings. The minimum absolute atomic E-state index is 0.0431. The number of nitrogens with zero attached hydrogens (tertiary/aromatic N) is 2. The molecule has 5 heteroatoms. The van der Waals surface area contributed by atoms with Gasteiger partial charge in [0.2, 0.25) is 0 Å². The quantitative estimate of drug-likeness (QED) is 0.582. The van der Waals surface area contributed by atoms with E-state index in [1.807, 2.05) is 0 Å². The van der Waals surface area contributed by atoms with Crippen LogP contribution in [-0.2, 0) is 0 Å². The van der Waals surface area contributed by atoms with Crippen LogP contribution < -0.4 is 10.6 Å². The molecular formula is C17H38N4O. The summed E-state index contributed by atoms with van der Waals surface area (Å²) in [5, 5.41) is 5.91. The summed E-state index contributed by atoms with van der Waals surface area (Å²) in [5.41, 5.74) is 0. The van der Waals surface area contributed by atoms with Crippen LogP contribution in [0.1, 0.15) is 54.4 Å². The normalized spacial score (nSPS) is 14.2. The van der Waals surface area contributed by atoms with E-state index < -0.39 is 0 Å². The number of carbonyl (C=O) groups is 1. The van der Waals surface area contributed by atoms with Crippen LogP contribution in [0.5, 0.6) is 0 Å². The fourth-order valence-electron chi connectivity index (χ4n) is 2.91. The van der Waals surface area contributed by atoms with Crippen molar-refractivity contribution in [3.63, 3.8) is 0 Å². The van der Waals surface area contributed by atoms with Crippen LogP contribution in [0.2, 0.25) is 0 Å². The van der Waals surface area contributed by atoms with Crippen LogP contribution in [-0.4, -0.2) is 67.2 Å². The van der Waals surface area contributed by atoms with Gasteiger partial charge in [-0.15, -0.1) is 0 Å². The molecule has 0 aliphatic rings. The molecule has 5 nitrogen and oxygen atoms in total. The summed E-state index contributed by atoms with van der Waals surface area (Å²) in [6.45, 7) is 18.9. The van der Waals surface area contributed by atoms with Crippen LogP contribution in [0, 0.1) is 0 Å². The van der Waals surface area contributed by atoms with Gasteiger partial charge in [-0.3, -0.25) is 0 Å². The molecular weight excluding hydrogens is 276 g/mol. The van der Waals surface area contributed by atoms with Crippen molar-refractivity contribution in [3.8, 4) is 0 Å². The maximum atomic E-state index is 11.8. The summed E-state index contributed by atoms with van der Waals surface area (Å²) < 4.78 is 0. The number of urea groups is 1. The van der Waals surface area contributed by atoms with Crippen molar-refractivity contribution < 1.29 is 4.79 Å². The van der Waals surface area contributed by atoms with Gasteiger partial charge in [0, 0.05) is 25.2 Å². The molecule has 0 aromatic carbocycles. The predicted molar refractivity (Wildman–Crippen MR) is 95.4 cm³/mol. The van der Waals surface area contributed by atoms with Crippen LogP contribution in [0.25, 0.3) is 0 Å². The summed E-state index contributed by atoms with van der Waals surface area (Å²) in [6, 6.07) is 0.981. The van der Waals surface area contributed by atoms with E-state index in [-0.39, 0.29) is 6.03 Å². The minimum Gasteiger partial charge on any atom is -0.338 e. The Morgan fingerprint density at radius 2 is 1.09 bits per heavy atom. The Labute approximate surface area is 137 Å². The molecule has 2 atom stereocenters. The molecule has 2 unspecified atom stereocenters. The molecule has 0 aromatic heterocycles. The average Bonchev–Trinajstić information content (AvgIpc) is 2.49. The highest BCUT2D eigenvalue weighted by Crippen LogP contribution is 2.02. The molecule has 0 aliphatic heterocycles. The Balaban J connectivity index is 3.78. The smallest absolute Gasteiger partial charge is 0.314 e. The Kier molecular flexibility index (Phi) is 12.2. The van der Waals surface area contributed by atoms with E-state index >= 15 is 0 Å². The van der Waals surface area contributed by atoms with Crippen molar-refractivity contribution >= 4 is 6.03 Å². The number of carbonyl (C=O) groups excluding carboxylic acids is 1. The molecule has 2 amide bonds. The first-order valence-corrected chi connectivity index (χ1v) is 8.99. The Morgan fingerprint density at radius 3 is 1.36 bits per heavy atom. The second-order valence-electron chi connectivity index (χ2n) is 5.90. The van der Waals surface area contributed by atoms with Crippen molar-refractivity contribution in [1.82, 2.24) is 20.4 Å². The van der Waals surface area contributed by atoms with E-state index in [1.165, 1.54) is 0 Å². The predicted octanol–water partition coefficient (Wildman–Crippen LogP) is 2.53. The summed E-state index contributed by atoms with van der Waals surface area (Å²) in [5.74, 6) is 0. The Bertz CT molecular complexity index is 252. The first-order valence-electron chi connectivity index (χ1n) is 8.99. The van der Waals surface area contributed by atoms with Crippen molar-refractivity contribution in [3.05, 3.63) is 0 Å². The first-order chi connectivity index (χ1) is 10.5. The standard InChI is InChI=1S/C17H38N4O/c1-7-20(8-2)15(5)11-13-18-17(22)19-14-12-16(6)21(9-3)10-4/h15-16H,7-14H2,1-6H3,(H2,18,19,22). The molecule has 0 aliphatic carbocycles. The van der Waals surface area contributed by atoms with Crippen LogP contribution in [0.4, 0.5) is 4.79 Å². The Morgan fingerprint density at radius 1 is 0.773 bits per heavy atom. The topological polar surface area (TPSA) is 47.6 Å². The van der Waals surface area contributed by atoms with E-state index in [2.05, 4.69) is 62.0 Å². The van der Waals surface area contributed by atoms with Crippen molar-refractivity contribution in [2.24, 2.45) is 0 Å². The minimum atomic E-state index is -0.0431. The lowest BCUT2D eigenvalue weighted by molar-refractivity contribution is 0.211. The van der Waals surface area contributed by atoms with Gasteiger partial charge in [-0.2, -0.15) is 0 Å². The highest BCUT2D eigenvalue weighted by Gasteiger charge is 2.11. The van der Waals surface area contributed by atoms with Gasteiger partial charge in [-0.05, 0) is 52.9 Å². The molecule has 2 N–H and O–H groups in total. The fraction of sp³-hybridized carbons (Fsp3) is 0.941. The third kappa shape index (κ3) is 8.59. The largest absolute Gasteiger partial charge is 0.338 e. The van der Waals surface area contributed by atoms with Gasteiger partial charge in [0.25, 0.3) is 0 Å². The molecule has 0 rings (SSSR count). The van der Waals surface area contributed by atoms with Gasteiger partial charge in [0.15, 0.2) is 0 Å². The summed E-state index contributed by atoms with van der Waals surface area (Å²) >= 11 is 0. The maximum absolute atomic E-state index is 11.8. The molecule has 0 bridgehead atoms. The summed E-state index contributed by atoms with van der Waals surface area (Å²) in [4.78, 5) is 16.6. The van der Waals surface area contributed by atoms with Gasteiger partial charge in [0.1, 0.15) is 0 Å². The van der Waals surface area contributed by atoms with E-state index in [9.17, 15) is 4.79 Å². The SMILES string of the molecule is CCN(CC)C(C)CCNC(=O)NCCC(C)N(CC)CC. The molecule has 0 saturated carbocycles. The second kappa shape index (κ2) is 12.7. The van der Waals surface area contributed by atoms with Crippen molar-refractivity contribution in [1.29, 1.82) is 0 Å². The monoisotopic (exact) mass is 314 g/mol. The van der Waals surface area contributed by atoms with Gasteiger partial charge in [-0.25, -0.2) is 4.79 Å². The third-order valence-corrected chi connectivity index (χ3v) is 4.57. The fourth-order valence-corrected chi connectivity index (χ4v) is 2.91. The highest BCUT2D eigenvalue weighted by molar-refractivity contribution is 5.73. The third-order valence-electron chi connectivity index (χ3n) is 4.57.